The second kappa shape index (κ2) is 6.55. The minimum atomic E-state index is -0.498. The van der Waals surface area contributed by atoms with Gasteiger partial charge in [0.15, 0.2) is 0 Å². The summed E-state index contributed by atoms with van der Waals surface area (Å²) in [5, 5.41) is 17.0. The van der Waals surface area contributed by atoms with E-state index in [0.717, 1.165) is 18.7 Å². The average molecular weight is 213 g/mol. The zero-order chi connectivity index (χ0) is 11.1. The van der Waals surface area contributed by atoms with Crippen molar-refractivity contribution in [1.82, 2.24) is 15.1 Å². The minimum Gasteiger partial charge on any atom is -0.387 e. The van der Waals surface area contributed by atoms with Crippen molar-refractivity contribution < 1.29 is 9.84 Å². The van der Waals surface area contributed by atoms with E-state index in [-0.39, 0.29) is 0 Å². The molecule has 0 fully saturated rings. The highest BCUT2D eigenvalue weighted by molar-refractivity contribution is 5.08. The van der Waals surface area contributed by atoms with Gasteiger partial charge < -0.3 is 15.2 Å². The van der Waals surface area contributed by atoms with Gasteiger partial charge in [0.1, 0.15) is 0 Å². The van der Waals surface area contributed by atoms with E-state index in [1.54, 1.807) is 18.0 Å². The molecule has 0 saturated carbocycles. The van der Waals surface area contributed by atoms with E-state index in [2.05, 4.69) is 10.4 Å². The number of nitrogens with one attached hydrogen (secondary N) is 1. The van der Waals surface area contributed by atoms with Crippen LogP contribution in [0.2, 0.25) is 0 Å². The molecule has 0 spiro atoms. The smallest absolute Gasteiger partial charge is 0.0944 e. The molecule has 1 atom stereocenters. The first-order chi connectivity index (χ1) is 7.27. The molecule has 0 radical (unpaired) electrons. The number of hydrogen-bond acceptors (Lipinski definition) is 4. The Labute approximate surface area is 90.1 Å². The van der Waals surface area contributed by atoms with Crippen LogP contribution in [0.1, 0.15) is 18.6 Å². The Kier molecular flexibility index (Phi) is 5.31. The topological polar surface area (TPSA) is 59.3 Å². The maximum absolute atomic E-state index is 9.77. The van der Waals surface area contributed by atoms with Crippen molar-refractivity contribution in [3.8, 4) is 0 Å². The third kappa shape index (κ3) is 3.99. The molecule has 0 aliphatic rings. The number of aromatic nitrogens is 2. The normalized spacial score (nSPS) is 13.0. The van der Waals surface area contributed by atoms with Gasteiger partial charge in [0.25, 0.3) is 0 Å². The Morgan fingerprint density at radius 2 is 2.47 bits per heavy atom. The third-order valence-corrected chi connectivity index (χ3v) is 2.18. The first-order valence-corrected chi connectivity index (χ1v) is 5.18. The summed E-state index contributed by atoms with van der Waals surface area (Å²) in [5.41, 5.74) is 0.849. The summed E-state index contributed by atoms with van der Waals surface area (Å²) >= 11 is 0. The predicted molar refractivity (Wildman–Crippen MR) is 57.6 cm³/mol. The SMILES string of the molecule is CCn1cc(C(O)CNCCOC)cn1. The van der Waals surface area contributed by atoms with E-state index in [1.165, 1.54) is 0 Å². The number of nitrogens with zero attached hydrogens (tertiary/aromatic N) is 2. The van der Waals surface area contributed by atoms with E-state index in [0.29, 0.717) is 13.2 Å². The minimum absolute atomic E-state index is 0.498. The van der Waals surface area contributed by atoms with Crippen LogP contribution < -0.4 is 5.32 Å². The molecule has 5 nitrogen and oxygen atoms in total. The summed E-state index contributed by atoms with van der Waals surface area (Å²) in [6.45, 7) is 4.76. The van der Waals surface area contributed by atoms with Crippen molar-refractivity contribution in [1.29, 1.82) is 0 Å². The Hall–Kier alpha value is -0.910. The van der Waals surface area contributed by atoms with Crippen LogP contribution >= 0.6 is 0 Å². The summed E-state index contributed by atoms with van der Waals surface area (Å²) in [4.78, 5) is 0. The van der Waals surface area contributed by atoms with Crippen LogP contribution in [0.25, 0.3) is 0 Å². The summed E-state index contributed by atoms with van der Waals surface area (Å²) in [5.74, 6) is 0. The molecule has 0 aromatic carbocycles. The lowest BCUT2D eigenvalue weighted by atomic mass is 10.2. The molecule has 0 aliphatic heterocycles. The monoisotopic (exact) mass is 213 g/mol. The first kappa shape index (κ1) is 12.2. The van der Waals surface area contributed by atoms with Gasteiger partial charge in [-0.25, -0.2) is 0 Å². The number of ether oxygens (including phenoxy) is 1. The van der Waals surface area contributed by atoms with Gasteiger partial charge in [0.2, 0.25) is 0 Å². The quantitative estimate of drug-likeness (QED) is 0.634. The Bertz CT molecular complexity index is 275. The van der Waals surface area contributed by atoms with Crippen molar-refractivity contribution in [3.05, 3.63) is 18.0 Å². The van der Waals surface area contributed by atoms with Crippen LogP contribution in [0, 0.1) is 0 Å². The third-order valence-electron chi connectivity index (χ3n) is 2.18. The molecule has 2 N–H and O–H groups in total. The lowest BCUT2D eigenvalue weighted by Crippen LogP contribution is -2.24. The highest BCUT2D eigenvalue weighted by atomic mass is 16.5. The molecular weight excluding hydrogens is 194 g/mol. The van der Waals surface area contributed by atoms with E-state index in [1.807, 2.05) is 13.1 Å². The van der Waals surface area contributed by atoms with Gasteiger partial charge in [-0.15, -0.1) is 0 Å². The second-order valence-electron chi connectivity index (χ2n) is 3.34. The van der Waals surface area contributed by atoms with Crippen molar-refractivity contribution >= 4 is 0 Å². The molecule has 0 aliphatic carbocycles. The number of rotatable bonds is 7. The van der Waals surface area contributed by atoms with Gasteiger partial charge in [0.05, 0.1) is 18.9 Å². The molecule has 15 heavy (non-hydrogen) atoms. The fourth-order valence-corrected chi connectivity index (χ4v) is 1.26. The van der Waals surface area contributed by atoms with Gasteiger partial charge in [0, 0.05) is 38.5 Å². The highest BCUT2D eigenvalue weighted by Gasteiger charge is 2.08. The lowest BCUT2D eigenvalue weighted by molar-refractivity contribution is 0.161. The van der Waals surface area contributed by atoms with Gasteiger partial charge in [-0.2, -0.15) is 5.10 Å². The number of aliphatic hydroxyl groups is 1. The largest absolute Gasteiger partial charge is 0.387 e. The number of aliphatic hydroxyl groups excluding tert-OH is 1. The summed E-state index contributed by atoms with van der Waals surface area (Å²) in [7, 11) is 1.66. The van der Waals surface area contributed by atoms with Crippen molar-refractivity contribution in [2.75, 3.05) is 26.8 Å². The lowest BCUT2D eigenvalue weighted by Gasteiger charge is -2.09. The van der Waals surface area contributed by atoms with Crippen molar-refractivity contribution in [3.63, 3.8) is 0 Å². The fourth-order valence-electron chi connectivity index (χ4n) is 1.26. The molecular formula is C10H19N3O2. The number of hydrogen-bond donors (Lipinski definition) is 2. The molecule has 1 aromatic rings. The van der Waals surface area contributed by atoms with E-state index in [4.69, 9.17) is 4.74 Å². The van der Waals surface area contributed by atoms with E-state index in [9.17, 15) is 5.11 Å². The number of aryl methyl sites for hydroxylation is 1. The van der Waals surface area contributed by atoms with Crippen molar-refractivity contribution in [2.45, 2.75) is 19.6 Å². The maximum atomic E-state index is 9.77. The Morgan fingerprint density at radius 3 is 3.07 bits per heavy atom. The first-order valence-electron chi connectivity index (χ1n) is 5.18. The van der Waals surface area contributed by atoms with Gasteiger partial charge in [-0.3, -0.25) is 4.68 Å². The van der Waals surface area contributed by atoms with Crippen molar-refractivity contribution in [2.24, 2.45) is 0 Å². The maximum Gasteiger partial charge on any atom is 0.0944 e. The molecule has 0 bridgehead atoms. The molecule has 5 heteroatoms. The average Bonchev–Trinajstić information content (AvgIpc) is 2.72. The zero-order valence-electron chi connectivity index (χ0n) is 9.31. The summed E-state index contributed by atoms with van der Waals surface area (Å²) in [6, 6.07) is 0. The molecule has 1 heterocycles. The Morgan fingerprint density at radius 1 is 1.67 bits per heavy atom. The van der Waals surface area contributed by atoms with Gasteiger partial charge in [-0.05, 0) is 6.92 Å². The molecule has 1 rings (SSSR count). The highest BCUT2D eigenvalue weighted by Crippen LogP contribution is 2.09. The van der Waals surface area contributed by atoms with Crippen LogP contribution in [0.3, 0.4) is 0 Å². The van der Waals surface area contributed by atoms with Crippen LogP contribution in [0.4, 0.5) is 0 Å². The molecule has 1 unspecified atom stereocenters. The molecule has 86 valence electrons. The van der Waals surface area contributed by atoms with Crippen LogP contribution in [0.5, 0.6) is 0 Å². The molecule has 1 aromatic heterocycles. The summed E-state index contributed by atoms with van der Waals surface area (Å²) < 4.78 is 6.69. The van der Waals surface area contributed by atoms with Crippen LogP contribution in [-0.4, -0.2) is 41.7 Å². The zero-order valence-corrected chi connectivity index (χ0v) is 9.31. The van der Waals surface area contributed by atoms with Crippen LogP contribution in [0.15, 0.2) is 12.4 Å². The van der Waals surface area contributed by atoms with Gasteiger partial charge in [-0.1, -0.05) is 0 Å². The predicted octanol–water partition coefficient (Wildman–Crippen LogP) is 0.172. The standard InChI is InChI=1S/C10H19N3O2/c1-3-13-8-9(6-12-13)10(14)7-11-4-5-15-2/h6,8,10-11,14H,3-5,7H2,1-2H3. The number of methoxy groups -OCH3 is 1. The fraction of sp³-hybridized carbons (Fsp3) is 0.700. The van der Waals surface area contributed by atoms with Gasteiger partial charge >= 0.3 is 0 Å². The second-order valence-corrected chi connectivity index (χ2v) is 3.34. The summed E-state index contributed by atoms with van der Waals surface area (Å²) in [6.07, 6.45) is 3.07. The molecule has 0 amide bonds. The van der Waals surface area contributed by atoms with Crippen LogP contribution in [-0.2, 0) is 11.3 Å². The Balaban J connectivity index is 2.29. The molecule has 0 saturated heterocycles. The van der Waals surface area contributed by atoms with E-state index < -0.39 is 6.10 Å². The van der Waals surface area contributed by atoms with E-state index >= 15 is 0 Å².